The van der Waals surface area contributed by atoms with E-state index >= 15 is 0 Å². The molecule has 2 aliphatic rings. The molecule has 0 aliphatic heterocycles. The molecule has 2 aliphatic carbocycles. The molecule has 0 radical (unpaired) electrons. The van der Waals surface area contributed by atoms with Gasteiger partial charge in [-0.15, -0.1) is 0 Å². The SMILES string of the molecule is O=C(C[C@H]1C[C@@H]2CC[C@H]1C2)OCC(=O)c1ccc[nH]1. The number of fused-ring (bicyclic) bond motifs is 2. The van der Waals surface area contributed by atoms with Gasteiger partial charge in [-0.2, -0.15) is 0 Å². The van der Waals surface area contributed by atoms with Crippen LogP contribution >= 0.6 is 0 Å². The van der Waals surface area contributed by atoms with Gasteiger partial charge in [0.25, 0.3) is 0 Å². The normalized spacial score (nSPS) is 28.5. The summed E-state index contributed by atoms with van der Waals surface area (Å²) in [6.45, 7) is -0.153. The smallest absolute Gasteiger partial charge is 0.306 e. The number of carbonyl (C=O) groups is 2. The average Bonchev–Trinajstić information content (AvgIpc) is 3.12. The van der Waals surface area contributed by atoms with E-state index in [1.54, 1.807) is 18.3 Å². The van der Waals surface area contributed by atoms with E-state index in [4.69, 9.17) is 4.74 Å². The first-order valence-corrected chi connectivity index (χ1v) is 7.04. The van der Waals surface area contributed by atoms with Crippen LogP contribution in [0.3, 0.4) is 0 Å². The van der Waals surface area contributed by atoms with Crippen molar-refractivity contribution in [2.45, 2.75) is 32.1 Å². The summed E-state index contributed by atoms with van der Waals surface area (Å²) in [6.07, 6.45) is 7.23. The van der Waals surface area contributed by atoms with Gasteiger partial charge in [0.1, 0.15) is 0 Å². The molecule has 1 heterocycles. The molecule has 1 aromatic heterocycles. The molecule has 4 heteroatoms. The number of nitrogens with one attached hydrogen (secondary N) is 1. The van der Waals surface area contributed by atoms with Gasteiger partial charge in [0.15, 0.2) is 6.61 Å². The average molecular weight is 261 g/mol. The van der Waals surface area contributed by atoms with Crippen molar-refractivity contribution in [3.63, 3.8) is 0 Å². The van der Waals surface area contributed by atoms with Gasteiger partial charge in [0, 0.05) is 12.6 Å². The zero-order valence-corrected chi connectivity index (χ0v) is 10.9. The molecule has 0 saturated heterocycles. The van der Waals surface area contributed by atoms with Gasteiger partial charge in [-0.1, -0.05) is 6.42 Å². The predicted octanol–water partition coefficient (Wildman–Crippen LogP) is 2.57. The van der Waals surface area contributed by atoms with E-state index in [0.717, 1.165) is 11.8 Å². The molecule has 0 unspecified atom stereocenters. The Kier molecular flexibility index (Phi) is 3.40. The lowest BCUT2D eigenvalue weighted by Crippen LogP contribution is -2.19. The van der Waals surface area contributed by atoms with Crippen molar-refractivity contribution >= 4 is 11.8 Å². The molecule has 102 valence electrons. The first-order valence-electron chi connectivity index (χ1n) is 7.04. The summed E-state index contributed by atoms with van der Waals surface area (Å²) in [7, 11) is 0. The number of hydrogen-bond acceptors (Lipinski definition) is 3. The molecular formula is C15H19NO3. The summed E-state index contributed by atoms with van der Waals surface area (Å²) in [6, 6.07) is 3.44. The number of hydrogen-bond donors (Lipinski definition) is 1. The van der Waals surface area contributed by atoms with Gasteiger partial charge < -0.3 is 9.72 Å². The lowest BCUT2D eigenvalue weighted by atomic mass is 9.86. The molecule has 2 saturated carbocycles. The second-order valence-corrected chi connectivity index (χ2v) is 5.81. The lowest BCUT2D eigenvalue weighted by Gasteiger charge is -2.20. The Labute approximate surface area is 112 Å². The van der Waals surface area contributed by atoms with Crippen molar-refractivity contribution < 1.29 is 14.3 Å². The minimum Gasteiger partial charge on any atom is -0.457 e. The second kappa shape index (κ2) is 5.19. The van der Waals surface area contributed by atoms with Crippen LogP contribution in [0, 0.1) is 17.8 Å². The molecule has 1 N–H and O–H groups in total. The van der Waals surface area contributed by atoms with E-state index in [0.29, 0.717) is 18.0 Å². The van der Waals surface area contributed by atoms with Crippen LogP contribution in [0.2, 0.25) is 0 Å². The van der Waals surface area contributed by atoms with Crippen LogP contribution in [-0.2, 0) is 9.53 Å². The number of esters is 1. The first-order chi connectivity index (χ1) is 9.22. The van der Waals surface area contributed by atoms with E-state index in [-0.39, 0.29) is 18.4 Å². The Balaban J connectivity index is 1.43. The maximum absolute atomic E-state index is 11.8. The molecule has 19 heavy (non-hydrogen) atoms. The number of aromatic amines is 1. The van der Waals surface area contributed by atoms with Crippen molar-refractivity contribution in [3.05, 3.63) is 24.0 Å². The number of ketones is 1. The Hall–Kier alpha value is -1.58. The van der Waals surface area contributed by atoms with Gasteiger partial charge in [-0.05, 0) is 49.1 Å². The van der Waals surface area contributed by atoms with Crippen LogP contribution in [0.25, 0.3) is 0 Å². The fourth-order valence-electron chi connectivity index (χ4n) is 3.63. The minimum atomic E-state index is -0.225. The third-order valence-corrected chi connectivity index (χ3v) is 4.58. The molecular weight excluding hydrogens is 242 g/mol. The number of aromatic nitrogens is 1. The molecule has 4 nitrogen and oxygen atoms in total. The Bertz CT molecular complexity index is 466. The topological polar surface area (TPSA) is 59.2 Å². The van der Waals surface area contributed by atoms with Crippen LogP contribution in [0.15, 0.2) is 18.3 Å². The van der Waals surface area contributed by atoms with E-state index in [1.807, 2.05) is 0 Å². The Morgan fingerprint density at radius 2 is 2.21 bits per heavy atom. The number of H-pyrrole nitrogens is 1. The molecule has 3 rings (SSSR count). The first kappa shape index (κ1) is 12.5. The molecule has 2 bridgehead atoms. The summed E-state index contributed by atoms with van der Waals surface area (Å²) < 4.78 is 5.09. The quantitative estimate of drug-likeness (QED) is 0.654. The van der Waals surface area contributed by atoms with Crippen molar-refractivity contribution in [2.75, 3.05) is 6.61 Å². The Morgan fingerprint density at radius 1 is 1.32 bits per heavy atom. The standard InChI is InChI=1S/C15H19NO3/c17-14(13-2-1-5-16-13)9-19-15(18)8-12-7-10-3-4-11(12)6-10/h1-2,5,10-12,16H,3-4,6-9H2/t10-,11+,12-/m1/s1. The van der Waals surface area contributed by atoms with Crippen molar-refractivity contribution in [1.29, 1.82) is 0 Å². The monoisotopic (exact) mass is 261 g/mol. The highest BCUT2D eigenvalue weighted by Crippen LogP contribution is 2.49. The number of ether oxygens (including phenoxy) is 1. The largest absolute Gasteiger partial charge is 0.457 e. The number of Topliss-reactive ketones (excluding diaryl/α,β-unsaturated/α-hetero) is 1. The van der Waals surface area contributed by atoms with Gasteiger partial charge in [0.05, 0.1) is 5.69 Å². The third-order valence-electron chi connectivity index (χ3n) is 4.58. The molecule has 0 amide bonds. The maximum atomic E-state index is 11.8. The molecule has 2 fully saturated rings. The van der Waals surface area contributed by atoms with Gasteiger partial charge in [-0.3, -0.25) is 9.59 Å². The van der Waals surface area contributed by atoms with Crippen molar-refractivity contribution in [3.8, 4) is 0 Å². The van der Waals surface area contributed by atoms with Crippen molar-refractivity contribution in [2.24, 2.45) is 17.8 Å². The number of rotatable bonds is 5. The summed E-state index contributed by atoms with van der Waals surface area (Å²) in [4.78, 5) is 26.2. The summed E-state index contributed by atoms with van der Waals surface area (Å²) in [5.41, 5.74) is 0.493. The van der Waals surface area contributed by atoms with Crippen LogP contribution in [0.1, 0.15) is 42.6 Å². The van der Waals surface area contributed by atoms with E-state index in [9.17, 15) is 9.59 Å². The van der Waals surface area contributed by atoms with E-state index < -0.39 is 0 Å². The minimum absolute atomic E-state index is 0.153. The van der Waals surface area contributed by atoms with Gasteiger partial charge >= 0.3 is 5.97 Å². The molecule has 0 spiro atoms. The highest BCUT2D eigenvalue weighted by Gasteiger charge is 2.40. The van der Waals surface area contributed by atoms with Crippen molar-refractivity contribution in [1.82, 2.24) is 4.98 Å². The van der Waals surface area contributed by atoms with Crippen LogP contribution in [-0.4, -0.2) is 23.3 Å². The fraction of sp³-hybridized carbons (Fsp3) is 0.600. The maximum Gasteiger partial charge on any atom is 0.306 e. The highest BCUT2D eigenvalue weighted by atomic mass is 16.5. The third kappa shape index (κ3) is 2.72. The van der Waals surface area contributed by atoms with Crippen LogP contribution < -0.4 is 0 Å². The van der Waals surface area contributed by atoms with E-state index in [2.05, 4.69) is 4.98 Å². The zero-order valence-electron chi connectivity index (χ0n) is 10.9. The lowest BCUT2D eigenvalue weighted by molar-refractivity contribution is -0.144. The highest BCUT2D eigenvalue weighted by molar-refractivity contribution is 5.96. The number of carbonyl (C=O) groups excluding carboxylic acids is 2. The molecule has 0 aromatic carbocycles. The fourth-order valence-corrected chi connectivity index (χ4v) is 3.63. The molecule has 3 atom stereocenters. The second-order valence-electron chi connectivity index (χ2n) is 5.81. The summed E-state index contributed by atoms with van der Waals surface area (Å²) in [5.74, 6) is 1.65. The summed E-state index contributed by atoms with van der Waals surface area (Å²) >= 11 is 0. The zero-order chi connectivity index (χ0) is 13.2. The molecule has 1 aromatic rings. The van der Waals surface area contributed by atoms with Crippen LogP contribution in [0.5, 0.6) is 0 Å². The van der Waals surface area contributed by atoms with E-state index in [1.165, 1.54) is 25.7 Å². The van der Waals surface area contributed by atoms with Gasteiger partial charge in [0.2, 0.25) is 5.78 Å². The Morgan fingerprint density at radius 3 is 2.84 bits per heavy atom. The summed E-state index contributed by atoms with van der Waals surface area (Å²) in [5, 5.41) is 0. The predicted molar refractivity (Wildman–Crippen MR) is 69.6 cm³/mol. The van der Waals surface area contributed by atoms with Gasteiger partial charge in [-0.25, -0.2) is 0 Å². The van der Waals surface area contributed by atoms with Crippen LogP contribution in [0.4, 0.5) is 0 Å².